The van der Waals surface area contributed by atoms with Gasteiger partial charge in [-0.2, -0.15) is 0 Å². The van der Waals surface area contributed by atoms with E-state index in [-0.39, 0.29) is 6.61 Å². The highest BCUT2D eigenvalue weighted by Gasteiger charge is 2.24. The molecule has 0 saturated heterocycles. The molecule has 1 aliphatic heterocycles. The smallest absolute Gasteiger partial charge is 0.0558 e. The lowest BCUT2D eigenvalue weighted by Crippen LogP contribution is -2.35. The van der Waals surface area contributed by atoms with Crippen molar-refractivity contribution in [1.29, 1.82) is 0 Å². The van der Waals surface area contributed by atoms with Crippen LogP contribution in [-0.4, -0.2) is 35.7 Å². The number of para-hydroxylation sites is 1. The first-order valence-electron chi connectivity index (χ1n) is 7.58. The van der Waals surface area contributed by atoms with Crippen molar-refractivity contribution in [2.24, 2.45) is 0 Å². The van der Waals surface area contributed by atoms with Crippen molar-refractivity contribution >= 4 is 5.69 Å². The lowest BCUT2D eigenvalue weighted by Gasteiger charge is -2.29. The van der Waals surface area contributed by atoms with E-state index in [1.165, 1.54) is 42.5 Å². The average Bonchev–Trinajstić information content (AvgIpc) is 3.10. The third-order valence-electron chi connectivity index (χ3n) is 4.53. The van der Waals surface area contributed by atoms with Crippen LogP contribution in [0.1, 0.15) is 36.8 Å². The van der Waals surface area contributed by atoms with E-state index < -0.39 is 0 Å². The zero-order valence-electron chi connectivity index (χ0n) is 11.6. The zero-order chi connectivity index (χ0) is 13.1. The second-order valence-electron chi connectivity index (χ2n) is 5.76. The Morgan fingerprint density at radius 1 is 1.26 bits per heavy atom. The van der Waals surface area contributed by atoms with Gasteiger partial charge in [-0.15, -0.1) is 0 Å². The Labute approximate surface area is 115 Å². The summed E-state index contributed by atoms with van der Waals surface area (Å²) in [6.45, 7) is 3.10. The van der Waals surface area contributed by atoms with E-state index in [0.717, 1.165) is 26.1 Å². The normalized spacial score (nSPS) is 18.8. The molecule has 0 amide bonds. The van der Waals surface area contributed by atoms with Crippen molar-refractivity contribution in [3.63, 3.8) is 0 Å². The molecule has 1 fully saturated rings. The Morgan fingerprint density at radius 2 is 2.11 bits per heavy atom. The molecule has 1 heterocycles. The van der Waals surface area contributed by atoms with Crippen molar-refractivity contribution in [2.45, 2.75) is 44.7 Å². The number of rotatable bonds is 5. The molecule has 3 heteroatoms. The highest BCUT2D eigenvalue weighted by molar-refractivity contribution is 5.61. The number of aliphatic hydroxyl groups is 1. The summed E-state index contributed by atoms with van der Waals surface area (Å²) in [6.07, 6.45) is 6.42. The molecule has 0 unspecified atom stereocenters. The highest BCUT2D eigenvalue weighted by Crippen LogP contribution is 2.30. The molecule has 0 spiro atoms. The van der Waals surface area contributed by atoms with E-state index in [9.17, 15) is 5.11 Å². The van der Waals surface area contributed by atoms with Crippen molar-refractivity contribution < 1.29 is 5.11 Å². The van der Waals surface area contributed by atoms with Crippen LogP contribution >= 0.6 is 0 Å². The lowest BCUT2D eigenvalue weighted by atomic mass is 10.1. The topological polar surface area (TPSA) is 35.5 Å². The second kappa shape index (κ2) is 5.93. The van der Waals surface area contributed by atoms with Gasteiger partial charge in [0.15, 0.2) is 0 Å². The molecule has 1 saturated carbocycles. The van der Waals surface area contributed by atoms with E-state index in [1.807, 2.05) is 0 Å². The Hall–Kier alpha value is -1.06. The minimum absolute atomic E-state index is 0.263. The van der Waals surface area contributed by atoms with Gasteiger partial charge in [0, 0.05) is 31.4 Å². The fourth-order valence-corrected chi connectivity index (χ4v) is 3.55. The first-order valence-corrected chi connectivity index (χ1v) is 7.58. The standard InChI is InChI=1S/C16H24N2O/c19-11-10-18(15-6-1-2-7-15)12-14-5-3-4-13-8-9-17-16(13)14/h3-5,15,17,19H,1-2,6-12H2. The SMILES string of the molecule is OCCN(Cc1cccc2c1NCC2)C1CCCC1. The van der Waals surface area contributed by atoms with Crippen LogP contribution in [0.5, 0.6) is 0 Å². The van der Waals surface area contributed by atoms with Gasteiger partial charge in [0.05, 0.1) is 6.61 Å². The Bertz CT molecular complexity index is 427. The Morgan fingerprint density at radius 3 is 2.89 bits per heavy atom. The van der Waals surface area contributed by atoms with Gasteiger partial charge in [0.25, 0.3) is 0 Å². The Kier molecular flexibility index (Phi) is 4.04. The monoisotopic (exact) mass is 260 g/mol. The van der Waals surface area contributed by atoms with Crippen LogP contribution in [0.2, 0.25) is 0 Å². The number of hydrogen-bond acceptors (Lipinski definition) is 3. The van der Waals surface area contributed by atoms with Crippen LogP contribution in [0.4, 0.5) is 5.69 Å². The molecular formula is C16H24N2O. The number of nitrogens with zero attached hydrogens (tertiary/aromatic N) is 1. The summed E-state index contributed by atoms with van der Waals surface area (Å²) in [5, 5.41) is 12.8. The van der Waals surface area contributed by atoms with Gasteiger partial charge in [0.2, 0.25) is 0 Å². The van der Waals surface area contributed by atoms with Gasteiger partial charge in [-0.25, -0.2) is 0 Å². The fourth-order valence-electron chi connectivity index (χ4n) is 3.55. The number of benzene rings is 1. The maximum absolute atomic E-state index is 9.31. The number of aliphatic hydroxyl groups excluding tert-OH is 1. The third kappa shape index (κ3) is 2.77. The van der Waals surface area contributed by atoms with E-state index in [0.29, 0.717) is 6.04 Å². The molecule has 104 valence electrons. The summed E-state index contributed by atoms with van der Waals surface area (Å²) >= 11 is 0. The number of hydrogen-bond donors (Lipinski definition) is 2. The molecular weight excluding hydrogens is 236 g/mol. The van der Waals surface area contributed by atoms with Crippen molar-refractivity contribution in [2.75, 3.05) is 25.0 Å². The first-order chi connectivity index (χ1) is 9.38. The van der Waals surface area contributed by atoms with Crippen LogP contribution in [0, 0.1) is 0 Å². The molecule has 0 bridgehead atoms. The van der Waals surface area contributed by atoms with Gasteiger partial charge < -0.3 is 10.4 Å². The second-order valence-corrected chi connectivity index (χ2v) is 5.76. The molecule has 1 aromatic carbocycles. The minimum atomic E-state index is 0.263. The third-order valence-corrected chi connectivity index (χ3v) is 4.53. The molecule has 1 aliphatic carbocycles. The van der Waals surface area contributed by atoms with Crippen LogP contribution < -0.4 is 5.32 Å². The van der Waals surface area contributed by atoms with E-state index >= 15 is 0 Å². The fraction of sp³-hybridized carbons (Fsp3) is 0.625. The van der Waals surface area contributed by atoms with Gasteiger partial charge in [-0.1, -0.05) is 31.0 Å². The molecule has 0 atom stereocenters. The zero-order valence-corrected chi connectivity index (χ0v) is 11.6. The van der Waals surface area contributed by atoms with Crippen LogP contribution in [0.25, 0.3) is 0 Å². The molecule has 1 aromatic rings. The summed E-state index contributed by atoms with van der Waals surface area (Å²) in [4.78, 5) is 2.47. The number of nitrogens with one attached hydrogen (secondary N) is 1. The van der Waals surface area contributed by atoms with E-state index in [1.54, 1.807) is 0 Å². The van der Waals surface area contributed by atoms with E-state index in [2.05, 4.69) is 28.4 Å². The average molecular weight is 260 g/mol. The van der Waals surface area contributed by atoms with Gasteiger partial charge in [-0.3, -0.25) is 4.90 Å². The highest BCUT2D eigenvalue weighted by atomic mass is 16.3. The number of anilines is 1. The first kappa shape index (κ1) is 12.9. The molecule has 19 heavy (non-hydrogen) atoms. The molecule has 2 aliphatic rings. The molecule has 3 nitrogen and oxygen atoms in total. The summed E-state index contributed by atoms with van der Waals surface area (Å²) in [5.41, 5.74) is 4.20. The predicted molar refractivity (Wildman–Crippen MR) is 78.4 cm³/mol. The maximum atomic E-state index is 9.31. The lowest BCUT2D eigenvalue weighted by molar-refractivity contribution is 0.145. The van der Waals surface area contributed by atoms with Crippen LogP contribution in [0.3, 0.4) is 0 Å². The van der Waals surface area contributed by atoms with Crippen LogP contribution in [0.15, 0.2) is 18.2 Å². The summed E-state index contributed by atoms with van der Waals surface area (Å²) in [7, 11) is 0. The van der Waals surface area contributed by atoms with Crippen molar-refractivity contribution in [1.82, 2.24) is 4.90 Å². The summed E-state index contributed by atoms with van der Waals surface area (Å²) < 4.78 is 0. The maximum Gasteiger partial charge on any atom is 0.0558 e. The Balaban J connectivity index is 1.76. The molecule has 0 aromatic heterocycles. The summed E-state index contributed by atoms with van der Waals surface area (Å²) in [6, 6.07) is 7.30. The molecule has 3 rings (SSSR count). The van der Waals surface area contributed by atoms with E-state index in [4.69, 9.17) is 0 Å². The van der Waals surface area contributed by atoms with Gasteiger partial charge in [-0.05, 0) is 30.4 Å². The largest absolute Gasteiger partial charge is 0.395 e. The predicted octanol–water partition coefficient (Wildman–Crippen LogP) is 2.39. The van der Waals surface area contributed by atoms with Gasteiger partial charge in [0.1, 0.15) is 0 Å². The van der Waals surface area contributed by atoms with Crippen molar-refractivity contribution in [3.05, 3.63) is 29.3 Å². The minimum Gasteiger partial charge on any atom is -0.395 e. The van der Waals surface area contributed by atoms with Crippen molar-refractivity contribution in [3.8, 4) is 0 Å². The van der Waals surface area contributed by atoms with Gasteiger partial charge >= 0.3 is 0 Å². The van der Waals surface area contributed by atoms with Crippen LogP contribution in [-0.2, 0) is 13.0 Å². The molecule has 0 radical (unpaired) electrons. The molecule has 2 N–H and O–H groups in total. The quantitative estimate of drug-likeness (QED) is 0.853. The summed E-state index contributed by atoms with van der Waals surface area (Å²) in [5.74, 6) is 0. The number of fused-ring (bicyclic) bond motifs is 1.